The minimum Gasteiger partial charge on any atom is -0.353 e. The fourth-order valence-corrected chi connectivity index (χ4v) is 2.23. The fraction of sp³-hybridized carbons (Fsp3) is 0.389. The maximum absolute atomic E-state index is 13.8. The van der Waals surface area contributed by atoms with Crippen molar-refractivity contribution in [2.45, 2.75) is 33.4 Å². The Labute approximate surface area is 171 Å². The summed E-state index contributed by atoms with van der Waals surface area (Å²) in [6.07, 6.45) is 1.75. The normalized spacial score (nSPS) is 12.3. The Kier molecular flexibility index (Phi) is 8.70. The van der Waals surface area contributed by atoms with E-state index < -0.39 is 0 Å². The molecule has 142 valence electrons. The molecule has 0 bridgehead atoms. The molecule has 0 aliphatic rings. The second kappa shape index (κ2) is 10.2. The van der Waals surface area contributed by atoms with E-state index in [1.54, 1.807) is 25.1 Å². The number of benzene rings is 1. The van der Waals surface area contributed by atoms with Crippen molar-refractivity contribution in [2.24, 2.45) is 12.0 Å². The van der Waals surface area contributed by atoms with Gasteiger partial charge >= 0.3 is 0 Å². The molecule has 8 heteroatoms. The number of guanidine groups is 1. The molecule has 6 nitrogen and oxygen atoms in total. The third kappa shape index (κ3) is 5.79. The van der Waals surface area contributed by atoms with Gasteiger partial charge in [0.1, 0.15) is 18.2 Å². The van der Waals surface area contributed by atoms with Crippen LogP contribution in [0.5, 0.6) is 0 Å². The van der Waals surface area contributed by atoms with Crippen LogP contribution in [0.15, 0.2) is 35.8 Å². The third-order valence-electron chi connectivity index (χ3n) is 4.02. The minimum absolute atomic E-state index is 0. The summed E-state index contributed by atoms with van der Waals surface area (Å²) in [5, 5.41) is 14.6. The summed E-state index contributed by atoms with van der Waals surface area (Å²) in [6.45, 7) is 10.3. The van der Waals surface area contributed by atoms with Crippen molar-refractivity contribution < 1.29 is 4.39 Å². The monoisotopic (exact) mass is 472 g/mol. The summed E-state index contributed by atoms with van der Waals surface area (Å²) >= 11 is 0. The van der Waals surface area contributed by atoms with Gasteiger partial charge in [-0.1, -0.05) is 18.2 Å². The minimum atomic E-state index is -0.210. The number of rotatable bonds is 6. The second-order valence-electron chi connectivity index (χ2n) is 5.93. The molecule has 26 heavy (non-hydrogen) atoms. The highest BCUT2D eigenvalue weighted by molar-refractivity contribution is 14.0. The van der Waals surface area contributed by atoms with Crippen LogP contribution in [0.1, 0.15) is 35.7 Å². The lowest BCUT2D eigenvalue weighted by molar-refractivity contribution is 0.607. The van der Waals surface area contributed by atoms with E-state index in [1.165, 1.54) is 0 Å². The van der Waals surface area contributed by atoms with E-state index in [9.17, 15) is 4.39 Å². The molecule has 1 aromatic heterocycles. The molecule has 1 atom stereocenters. The lowest BCUT2D eigenvalue weighted by atomic mass is 10.1. The van der Waals surface area contributed by atoms with Gasteiger partial charge < -0.3 is 15.2 Å². The van der Waals surface area contributed by atoms with E-state index in [-0.39, 0.29) is 35.8 Å². The van der Waals surface area contributed by atoms with E-state index in [4.69, 9.17) is 0 Å². The SMILES string of the molecule is C=CCNC(=NCc1nnc(C)n1C)NC(C)c1ccc(C)c(F)c1.I. The smallest absolute Gasteiger partial charge is 0.192 e. The molecule has 2 aromatic rings. The van der Waals surface area contributed by atoms with Crippen molar-refractivity contribution in [1.29, 1.82) is 0 Å². The molecule has 0 amide bonds. The Morgan fingerprint density at radius 3 is 2.69 bits per heavy atom. The van der Waals surface area contributed by atoms with Crippen molar-refractivity contribution in [3.63, 3.8) is 0 Å². The van der Waals surface area contributed by atoms with Gasteiger partial charge in [-0.15, -0.1) is 40.8 Å². The molecule has 0 saturated carbocycles. The van der Waals surface area contributed by atoms with Crippen LogP contribution in [0.2, 0.25) is 0 Å². The number of aliphatic imine (C=N–C) groups is 1. The molecule has 0 aliphatic carbocycles. The Hall–Kier alpha value is -1.97. The number of aryl methyl sites for hydroxylation is 2. The van der Waals surface area contributed by atoms with Gasteiger partial charge in [0.2, 0.25) is 0 Å². The molecule has 0 saturated heterocycles. The van der Waals surface area contributed by atoms with Crippen LogP contribution in [0.4, 0.5) is 4.39 Å². The largest absolute Gasteiger partial charge is 0.353 e. The highest BCUT2D eigenvalue weighted by Gasteiger charge is 2.11. The van der Waals surface area contributed by atoms with Crippen LogP contribution in [0.25, 0.3) is 0 Å². The van der Waals surface area contributed by atoms with Gasteiger partial charge in [-0.05, 0) is 38.0 Å². The van der Waals surface area contributed by atoms with Gasteiger partial charge in [0.05, 0.1) is 6.04 Å². The van der Waals surface area contributed by atoms with Gasteiger partial charge in [0.25, 0.3) is 0 Å². The van der Waals surface area contributed by atoms with Crippen molar-refractivity contribution >= 4 is 29.9 Å². The molecular formula is C18H26FIN6. The van der Waals surface area contributed by atoms with Crippen LogP contribution < -0.4 is 10.6 Å². The van der Waals surface area contributed by atoms with E-state index in [0.29, 0.717) is 24.6 Å². The van der Waals surface area contributed by atoms with E-state index >= 15 is 0 Å². The second-order valence-corrected chi connectivity index (χ2v) is 5.93. The standard InChI is InChI=1S/C18H25FN6.HI/c1-6-9-20-18(21-11-17-24-23-14(4)25(17)5)22-13(3)15-8-7-12(2)16(19)10-15;/h6-8,10,13H,1,9,11H2,2-5H3,(H2,20,21,22);1H. The molecule has 0 radical (unpaired) electrons. The van der Waals surface area contributed by atoms with E-state index in [0.717, 1.165) is 17.2 Å². The molecule has 2 rings (SSSR count). The zero-order valence-electron chi connectivity index (χ0n) is 15.6. The quantitative estimate of drug-likeness (QED) is 0.294. The van der Waals surface area contributed by atoms with Crippen LogP contribution >= 0.6 is 24.0 Å². The molecule has 1 heterocycles. The number of hydrogen-bond donors (Lipinski definition) is 2. The molecule has 0 fully saturated rings. The van der Waals surface area contributed by atoms with Gasteiger partial charge in [-0.3, -0.25) is 0 Å². The summed E-state index contributed by atoms with van der Waals surface area (Å²) in [7, 11) is 1.90. The van der Waals surface area contributed by atoms with E-state index in [2.05, 4.69) is 32.4 Å². The molecular weight excluding hydrogens is 446 g/mol. The highest BCUT2D eigenvalue weighted by atomic mass is 127. The molecule has 1 unspecified atom stereocenters. The number of hydrogen-bond acceptors (Lipinski definition) is 3. The first-order chi connectivity index (χ1) is 11.9. The lowest BCUT2D eigenvalue weighted by Gasteiger charge is -2.18. The maximum atomic E-state index is 13.8. The average molecular weight is 472 g/mol. The Morgan fingerprint density at radius 2 is 2.12 bits per heavy atom. The Bertz CT molecular complexity index is 771. The zero-order valence-corrected chi connectivity index (χ0v) is 17.9. The predicted molar refractivity (Wildman–Crippen MR) is 113 cm³/mol. The van der Waals surface area contributed by atoms with Gasteiger partial charge in [-0.25, -0.2) is 9.38 Å². The van der Waals surface area contributed by atoms with Gasteiger partial charge in [-0.2, -0.15) is 0 Å². The number of aromatic nitrogens is 3. The van der Waals surface area contributed by atoms with Crippen molar-refractivity contribution in [1.82, 2.24) is 25.4 Å². The third-order valence-corrected chi connectivity index (χ3v) is 4.02. The first-order valence-corrected chi connectivity index (χ1v) is 8.19. The topological polar surface area (TPSA) is 67.1 Å². The number of halogens is 2. The molecule has 0 spiro atoms. The molecule has 0 aliphatic heterocycles. The highest BCUT2D eigenvalue weighted by Crippen LogP contribution is 2.16. The summed E-state index contributed by atoms with van der Waals surface area (Å²) < 4.78 is 15.7. The van der Waals surface area contributed by atoms with Crippen LogP contribution in [0.3, 0.4) is 0 Å². The van der Waals surface area contributed by atoms with Crippen molar-refractivity contribution in [3.8, 4) is 0 Å². The Balaban J connectivity index is 0.00000338. The summed E-state index contributed by atoms with van der Waals surface area (Å²) in [5.74, 6) is 2.00. The average Bonchev–Trinajstić information content (AvgIpc) is 2.91. The maximum Gasteiger partial charge on any atom is 0.192 e. The molecule has 1 aromatic carbocycles. The predicted octanol–water partition coefficient (Wildman–Crippen LogP) is 3.17. The number of nitrogens with one attached hydrogen (secondary N) is 2. The fourth-order valence-electron chi connectivity index (χ4n) is 2.23. The number of nitrogens with zero attached hydrogens (tertiary/aromatic N) is 4. The summed E-state index contributed by atoms with van der Waals surface area (Å²) in [6, 6.07) is 5.13. The first kappa shape index (κ1) is 22.1. The lowest BCUT2D eigenvalue weighted by Crippen LogP contribution is -2.39. The summed E-state index contributed by atoms with van der Waals surface area (Å²) in [4.78, 5) is 4.54. The van der Waals surface area contributed by atoms with Crippen molar-refractivity contribution in [3.05, 3.63) is 59.4 Å². The summed E-state index contributed by atoms with van der Waals surface area (Å²) in [5.41, 5.74) is 1.48. The van der Waals surface area contributed by atoms with Crippen LogP contribution in [0, 0.1) is 19.7 Å². The van der Waals surface area contributed by atoms with Gasteiger partial charge in [0.15, 0.2) is 11.8 Å². The first-order valence-electron chi connectivity index (χ1n) is 8.19. The van der Waals surface area contributed by atoms with Gasteiger partial charge in [0, 0.05) is 13.6 Å². The van der Waals surface area contributed by atoms with Crippen LogP contribution in [-0.4, -0.2) is 27.3 Å². The zero-order chi connectivity index (χ0) is 18.4. The Morgan fingerprint density at radius 1 is 1.38 bits per heavy atom. The van der Waals surface area contributed by atoms with Crippen LogP contribution in [-0.2, 0) is 13.6 Å². The van der Waals surface area contributed by atoms with E-state index in [1.807, 2.05) is 31.5 Å². The molecule has 2 N–H and O–H groups in total. The van der Waals surface area contributed by atoms with Crippen molar-refractivity contribution in [2.75, 3.05) is 6.54 Å².